The van der Waals surface area contributed by atoms with E-state index >= 15 is 0 Å². The van der Waals surface area contributed by atoms with Crippen molar-refractivity contribution in [1.82, 2.24) is 6.15 Å². The number of quaternary nitrogens is 1. The molecule has 0 saturated carbocycles. The van der Waals surface area contributed by atoms with E-state index < -0.39 is 11.6 Å². The third-order valence-corrected chi connectivity index (χ3v) is 2.37. The van der Waals surface area contributed by atoms with Gasteiger partial charge in [0.1, 0.15) is 5.60 Å². The minimum absolute atomic E-state index is 0. The van der Waals surface area contributed by atoms with Crippen LogP contribution in [0.3, 0.4) is 0 Å². The molecule has 1 saturated heterocycles. The van der Waals surface area contributed by atoms with Crippen molar-refractivity contribution in [3.63, 3.8) is 0 Å². The highest BCUT2D eigenvalue weighted by Crippen LogP contribution is 2.34. The molecule has 0 spiro atoms. The summed E-state index contributed by atoms with van der Waals surface area (Å²) in [7, 11) is 0. The Bertz CT molecular complexity index is 203. The van der Waals surface area contributed by atoms with Crippen LogP contribution < -0.4 is 11.3 Å². The van der Waals surface area contributed by atoms with Gasteiger partial charge >= 0.3 is 0 Å². The van der Waals surface area contributed by atoms with E-state index in [2.05, 4.69) is 0 Å². The maximum absolute atomic E-state index is 10.7. The van der Waals surface area contributed by atoms with Crippen LogP contribution in [0.5, 0.6) is 0 Å². The molecule has 4 N–H and O–H groups in total. The Morgan fingerprint density at radius 3 is 2.15 bits per heavy atom. The van der Waals surface area contributed by atoms with Crippen LogP contribution in [-0.2, 0) is 9.53 Å². The SMILES string of the molecule is CC1(C)CCCC(C)(C(=O)[O-])O1.[NH4+]. The summed E-state index contributed by atoms with van der Waals surface area (Å²) >= 11 is 0. The highest BCUT2D eigenvalue weighted by Gasteiger charge is 2.38. The lowest BCUT2D eigenvalue weighted by Crippen LogP contribution is -2.54. The number of rotatable bonds is 1. The van der Waals surface area contributed by atoms with Crippen molar-refractivity contribution < 1.29 is 14.6 Å². The molecule has 1 atom stereocenters. The van der Waals surface area contributed by atoms with Crippen LogP contribution in [0.15, 0.2) is 0 Å². The lowest BCUT2D eigenvalue weighted by molar-refractivity contribution is -0.335. The zero-order valence-electron chi connectivity index (χ0n) is 8.85. The number of aliphatic carboxylic acids is 1. The van der Waals surface area contributed by atoms with Gasteiger partial charge < -0.3 is 20.8 Å². The average Bonchev–Trinajstić information content (AvgIpc) is 1.83. The minimum Gasteiger partial charge on any atom is -0.547 e. The molecule has 78 valence electrons. The molecule has 4 heteroatoms. The van der Waals surface area contributed by atoms with Gasteiger partial charge in [-0.25, -0.2) is 0 Å². The minimum atomic E-state index is -1.10. The molecular weight excluding hydrogens is 170 g/mol. The second-order valence-corrected chi connectivity index (χ2v) is 4.23. The van der Waals surface area contributed by atoms with Crippen molar-refractivity contribution in [3.8, 4) is 0 Å². The van der Waals surface area contributed by atoms with Crippen molar-refractivity contribution in [3.05, 3.63) is 0 Å². The first-order chi connectivity index (χ1) is 5.36. The van der Waals surface area contributed by atoms with Crippen LogP contribution in [0.25, 0.3) is 0 Å². The number of hydrogen-bond acceptors (Lipinski definition) is 3. The second kappa shape index (κ2) is 3.64. The first-order valence-electron chi connectivity index (χ1n) is 4.27. The van der Waals surface area contributed by atoms with E-state index in [0.29, 0.717) is 6.42 Å². The van der Waals surface area contributed by atoms with Crippen molar-refractivity contribution >= 4 is 5.97 Å². The molecule has 0 aliphatic carbocycles. The number of carbonyl (C=O) groups excluding carboxylic acids is 1. The van der Waals surface area contributed by atoms with Crippen LogP contribution >= 0.6 is 0 Å². The van der Waals surface area contributed by atoms with Crippen molar-refractivity contribution in [2.45, 2.75) is 51.2 Å². The molecule has 0 aromatic heterocycles. The van der Waals surface area contributed by atoms with Crippen molar-refractivity contribution in [2.24, 2.45) is 0 Å². The Kier molecular flexibility index (Phi) is 3.47. The molecule has 4 nitrogen and oxygen atoms in total. The Hall–Kier alpha value is -0.610. The highest BCUT2D eigenvalue weighted by molar-refractivity contribution is 5.74. The van der Waals surface area contributed by atoms with Gasteiger partial charge in [-0.3, -0.25) is 0 Å². The molecular formula is C9H19NO3. The molecule has 1 heterocycles. The van der Waals surface area contributed by atoms with Gasteiger partial charge in [0.05, 0.1) is 11.6 Å². The Labute approximate surface area is 78.9 Å². The Morgan fingerprint density at radius 2 is 1.85 bits per heavy atom. The van der Waals surface area contributed by atoms with E-state index in [1.807, 2.05) is 13.8 Å². The largest absolute Gasteiger partial charge is 0.547 e. The molecule has 0 radical (unpaired) electrons. The summed E-state index contributed by atoms with van der Waals surface area (Å²) in [6, 6.07) is 0. The lowest BCUT2D eigenvalue weighted by Gasteiger charge is -2.43. The summed E-state index contributed by atoms with van der Waals surface area (Å²) < 4.78 is 5.46. The van der Waals surface area contributed by atoms with Crippen LogP contribution in [0.2, 0.25) is 0 Å². The first kappa shape index (κ1) is 12.4. The highest BCUT2D eigenvalue weighted by atomic mass is 16.5. The van der Waals surface area contributed by atoms with Crippen LogP contribution in [0.1, 0.15) is 40.0 Å². The van der Waals surface area contributed by atoms with Gasteiger partial charge in [-0.05, 0) is 40.0 Å². The third kappa shape index (κ3) is 2.67. The third-order valence-electron chi connectivity index (χ3n) is 2.37. The Morgan fingerprint density at radius 1 is 1.31 bits per heavy atom. The molecule has 0 aromatic rings. The van der Waals surface area contributed by atoms with Gasteiger partial charge in [0.2, 0.25) is 0 Å². The van der Waals surface area contributed by atoms with Gasteiger partial charge in [-0.15, -0.1) is 0 Å². The zero-order chi connectivity index (χ0) is 9.41. The Balaban J connectivity index is 0.00000144. The maximum atomic E-state index is 10.7. The van der Waals surface area contributed by atoms with E-state index in [1.54, 1.807) is 6.92 Å². The lowest BCUT2D eigenvalue weighted by atomic mass is 9.88. The van der Waals surface area contributed by atoms with E-state index in [1.165, 1.54) is 0 Å². The standard InChI is InChI=1S/C9H16O3.H3N/c1-8(2)5-4-6-9(3,12-8)7(10)11;/h4-6H2,1-3H3,(H,10,11);1H3. The van der Waals surface area contributed by atoms with Gasteiger partial charge in [0.25, 0.3) is 0 Å². The topological polar surface area (TPSA) is 85.9 Å². The molecule has 0 amide bonds. The van der Waals surface area contributed by atoms with E-state index in [-0.39, 0.29) is 11.8 Å². The normalized spacial score (nSPS) is 31.9. The predicted octanol–water partition coefficient (Wildman–Crippen LogP) is 0.850. The van der Waals surface area contributed by atoms with Crippen molar-refractivity contribution in [1.29, 1.82) is 0 Å². The smallest absolute Gasteiger partial charge is 0.105 e. The fourth-order valence-corrected chi connectivity index (χ4v) is 1.71. The molecule has 1 aliphatic heterocycles. The van der Waals surface area contributed by atoms with E-state index in [4.69, 9.17) is 4.74 Å². The van der Waals surface area contributed by atoms with Crippen LogP contribution in [0, 0.1) is 0 Å². The monoisotopic (exact) mass is 189 g/mol. The average molecular weight is 189 g/mol. The van der Waals surface area contributed by atoms with Crippen molar-refractivity contribution in [2.75, 3.05) is 0 Å². The summed E-state index contributed by atoms with van der Waals surface area (Å²) in [6.45, 7) is 5.41. The van der Waals surface area contributed by atoms with Gasteiger partial charge in [-0.1, -0.05) is 0 Å². The van der Waals surface area contributed by atoms with Crippen LogP contribution in [-0.4, -0.2) is 17.2 Å². The summed E-state index contributed by atoms with van der Waals surface area (Å²) in [5.41, 5.74) is -1.41. The first-order valence-corrected chi connectivity index (χ1v) is 4.27. The van der Waals surface area contributed by atoms with Gasteiger partial charge in [0, 0.05) is 0 Å². The molecule has 1 rings (SSSR count). The number of hydrogen-bond donors (Lipinski definition) is 1. The molecule has 0 bridgehead atoms. The number of carboxylic acid groups (broad SMARTS) is 1. The molecule has 13 heavy (non-hydrogen) atoms. The van der Waals surface area contributed by atoms with E-state index in [9.17, 15) is 9.90 Å². The number of carboxylic acids is 1. The van der Waals surface area contributed by atoms with E-state index in [0.717, 1.165) is 12.8 Å². The maximum Gasteiger partial charge on any atom is 0.105 e. The number of ether oxygens (including phenoxy) is 1. The molecule has 1 aliphatic rings. The summed E-state index contributed by atoms with van der Waals surface area (Å²) in [5.74, 6) is -1.10. The van der Waals surface area contributed by atoms with Gasteiger partial charge in [-0.2, -0.15) is 0 Å². The second-order valence-electron chi connectivity index (χ2n) is 4.23. The summed E-state index contributed by atoms with van der Waals surface area (Å²) in [6.07, 6.45) is 2.35. The number of carbonyl (C=O) groups is 1. The van der Waals surface area contributed by atoms with Gasteiger partial charge in [0.15, 0.2) is 0 Å². The fraction of sp³-hybridized carbons (Fsp3) is 0.889. The molecule has 1 fully saturated rings. The molecule has 0 aromatic carbocycles. The quantitative estimate of drug-likeness (QED) is 0.663. The van der Waals surface area contributed by atoms with Crippen LogP contribution in [0.4, 0.5) is 0 Å². The zero-order valence-corrected chi connectivity index (χ0v) is 8.85. The summed E-state index contributed by atoms with van der Waals surface area (Å²) in [5, 5.41) is 10.7. The summed E-state index contributed by atoms with van der Waals surface area (Å²) in [4.78, 5) is 10.7. The molecule has 1 unspecified atom stereocenters. The predicted molar refractivity (Wildman–Crippen MR) is 48.4 cm³/mol. The fourth-order valence-electron chi connectivity index (χ4n) is 1.71.